The van der Waals surface area contributed by atoms with Gasteiger partial charge in [0.2, 0.25) is 0 Å². The van der Waals surface area contributed by atoms with E-state index in [-0.39, 0.29) is 22.8 Å². The SMILES string of the molecule is N#Cc1cc(C(=O)C2CC3CCC(C2)S3)cc(C(F)(F)F)c1. The van der Waals surface area contributed by atoms with Crippen LogP contribution in [0.15, 0.2) is 18.2 Å². The second-order valence-electron chi connectivity index (χ2n) is 5.90. The molecule has 2 unspecified atom stereocenters. The first-order valence-electron chi connectivity index (χ1n) is 7.19. The van der Waals surface area contributed by atoms with Gasteiger partial charge in [-0.2, -0.15) is 30.2 Å². The zero-order valence-electron chi connectivity index (χ0n) is 11.7. The van der Waals surface area contributed by atoms with E-state index in [1.807, 2.05) is 11.8 Å². The van der Waals surface area contributed by atoms with Crippen LogP contribution >= 0.6 is 11.8 Å². The van der Waals surface area contributed by atoms with Gasteiger partial charge in [-0.25, -0.2) is 0 Å². The van der Waals surface area contributed by atoms with Crippen molar-refractivity contribution in [3.63, 3.8) is 0 Å². The number of nitrogens with zero attached hydrogens (tertiary/aromatic N) is 1. The van der Waals surface area contributed by atoms with Gasteiger partial charge in [-0.05, 0) is 43.9 Å². The average molecular weight is 325 g/mol. The highest BCUT2D eigenvalue weighted by Crippen LogP contribution is 2.46. The van der Waals surface area contributed by atoms with Crippen molar-refractivity contribution >= 4 is 17.5 Å². The Hall–Kier alpha value is -1.48. The lowest BCUT2D eigenvalue weighted by Crippen LogP contribution is -2.25. The van der Waals surface area contributed by atoms with Gasteiger partial charge >= 0.3 is 6.18 Å². The molecule has 0 radical (unpaired) electrons. The molecule has 2 bridgehead atoms. The number of alkyl halides is 3. The van der Waals surface area contributed by atoms with Gasteiger partial charge in [-0.15, -0.1) is 0 Å². The molecule has 2 atom stereocenters. The van der Waals surface area contributed by atoms with Gasteiger partial charge in [0.15, 0.2) is 5.78 Å². The van der Waals surface area contributed by atoms with E-state index in [1.54, 1.807) is 6.07 Å². The molecule has 2 nitrogen and oxygen atoms in total. The van der Waals surface area contributed by atoms with Crippen LogP contribution < -0.4 is 0 Å². The van der Waals surface area contributed by atoms with Gasteiger partial charge in [0, 0.05) is 22.0 Å². The normalized spacial score (nSPS) is 27.5. The van der Waals surface area contributed by atoms with Crippen molar-refractivity contribution < 1.29 is 18.0 Å². The summed E-state index contributed by atoms with van der Waals surface area (Å²) in [6.45, 7) is 0. The van der Waals surface area contributed by atoms with Crippen LogP contribution in [0.1, 0.15) is 47.2 Å². The second kappa shape index (κ2) is 5.62. The monoisotopic (exact) mass is 325 g/mol. The number of hydrogen-bond acceptors (Lipinski definition) is 3. The van der Waals surface area contributed by atoms with Crippen LogP contribution in [0.5, 0.6) is 0 Å². The summed E-state index contributed by atoms with van der Waals surface area (Å²) in [7, 11) is 0. The molecule has 0 saturated carbocycles. The Morgan fingerprint density at radius 1 is 1.18 bits per heavy atom. The Morgan fingerprint density at radius 2 is 1.82 bits per heavy atom. The number of Topliss-reactive ketones (excluding diaryl/α,β-unsaturated/α-hetero) is 1. The highest BCUT2D eigenvalue weighted by atomic mass is 32.2. The number of hydrogen-bond donors (Lipinski definition) is 0. The van der Waals surface area contributed by atoms with E-state index in [4.69, 9.17) is 5.26 Å². The molecule has 0 N–H and O–H groups in total. The zero-order valence-corrected chi connectivity index (χ0v) is 12.5. The molecular formula is C16H14F3NOS. The lowest BCUT2D eigenvalue weighted by molar-refractivity contribution is -0.137. The summed E-state index contributed by atoms with van der Waals surface area (Å²) in [5.41, 5.74) is -1.03. The summed E-state index contributed by atoms with van der Waals surface area (Å²) in [6.07, 6.45) is -0.907. The van der Waals surface area contributed by atoms with E-state index in [0.29, 0.717) is 10.5 Å². The molecule has 22 heavy (non-hydrogen) atoms. The van der Waals surface area contributed by atoms with Crippen LogP contribution in [0, 0.1) is 17.2 Å². The molecule has 0 amide bonds. The molecule has 0 aromatic heterocycles. The maximum absolute atomic E-state index is 12.9. The molecule has 2 heterocycles. The Labute approximate surface area is 130 Å². The summed E-state index contributed by atoms with van der Waals surface area (Å²) in [6, 6.07) is 4.66. The summed E-state index contributed by atoms with van der Waals surface area (Å²) in [5, 5.41) is 9.81. The van der Waals surface area contributed by atoms with Crippen LogP contribution in [-0.2, 0) is 6.18 Å². The first kappa shape index (κ1) is 15.4. The summed E-state index contributed by atoms with van der Waals surface area (Å²) < 4.78 is 38.7. The predicted molar refractivity (Wildman–Crippen MR) is 77.6 cm³/mol. The molecule has 2 fully saturated rings. The summed E-state index contributed by atoms with van der Waals surface area (Å²) >= 11 is 1.90. The molecule has 6 heteroatoms. The number of ketones is 1. The molecule has 3 rings (SSSR count). The molecule has 1 aromatic rings. The van der Waals surface area contributed by atoms with E-state index in [9.17, 15) is 18.0 Å². The fraction of sp³-hybridized carbons (Fsp3) is 0.500. The third-order valence-corrected chi connectivity index (χ3v) is 5.96. The van der Waals surface area contributed by atoms with Crippen molar-refractivity contribution in [1.82, 2.24) is 0 Å². The van der Waals surface area contributed by atoms with E-state index in [2.05, 4.69) is 0 Å². The Bertz CT molecular complexity index is 638. The fourth-order valence-electron chi connectivity index (χ4n) is 3.31. The van der Waals surface area contributed by atoms with Gasteiger partial charge < -0.3 is 0 Å². The largest absolute Gasteiger partial charge is 0.416 e. The molecule has 116 valence electrons. The van der Waals surface area contributed by atoms with Crippen molar-refractivity contribution in [3.05, 3.63) is 34.9 Å². The zero-order chi connectivity index (χ0) is 15.9. The molecular weight excluding hydrogens is 311 g/mol. The molecule has 2 saturated heterocycles. The highest BCUT2D eigenvalue weighted by molar-refractivity contribution is 8.00. The molecule has 1 aromatic carbocycles. The quantitative estimate of drug-likeness (QED) is 0.755. The average Bonchev–Trinajstić information content (AvgIpc) is 2.83. The maximum atomic E-state index is 12.9. The molecule has 2 aliphatic rings. The molecule has 0 aliphatic carbocycles. The Morgan fingerprint density at radius 3 is 2.36 bits per heavy atom. The highest BCUT2D eigenvalue weighted by Gasteiger charge is 2.39. The van der Waals surface area contributed by atoms with E-state index >= 15 is 0 Å². The molecule has 0 spiro atoms. The first-order valence-corrected chi connectivity index (χ1v) is 8.13. The number of benzene rings is 1. The van der Waals surface area contributed by atoms with E-state index in [1.165, 1.54) is 6.07 Å². The Balaban J connectivity index is 1.90. The maximum Gasteiger partial charge on any atom is 0.416 e. The van der Waals surface area contributed by atoms with Crippen LogP contribution in [0.4, 0.5) is 13.2 Å². The van der Waals surface area contributed by atoms with Crippen molar-refractivity contribution in [2.75, 3.05) is 0 Å². The minimum atomic E-state index is -4.55. The summed E-state index contributed by atoms with van der Waals surface area (Å²) in [4.78, 5) is 12.6. The minimum Gasteiger partial charge on any atom is -0.294 e. The van der Waals surface area contributed by atoms with Gasteiger partial charge in [0.1, 0.15) is 0 Å². The number of rotatable bonds is 2. The van der Waals surface area contributed by atoms with Crippen LogP contribution in [0.3, 0.4) is 0 Å². The van der Waals surface area contributed by atoms with Gasteiger partial charge in [0.05, 0.1) is 17.2 Å². The lowest BCUT2D eigenvalue weighted by Gasteiger charge is -2.26. The van der Waals surface area contributed by atoms with Gasteiger partial charge in [-0.1, -0.05) is 0 Å². The molecule has 2 aliphatic heterocycles. The second-order valence-corrected chi connectivity index (χ2v) is 7.50. The topological polar surface area (TPSA) is 40.9 Å². The number of halogens is 3. The number of carbonyl (C=O) groups excluding carboxylic acids is 1. The standard InChI is InChI=1S/C16H14F3NOS/c17-16(18,19)12-4-9(8-20)3-10(5-12)15(21)11-6-13-1-2-14(7-11)22-13/h3-5,11,13-14H,1-2,6-7H2. The van der Waals surface area contributed by atoms with Crippen molar-refractivity contribution in [1.29, 1.82) is 5.26 Å². The fourth-order valence-corrected chi connectivity index (χ4v) is 5.08. The minimum absolute atomic E-state index is 0.0164. The first-order chi connectivity index (χ1) is 10.4. The van der Waals surface area contributed by atoms with Crippen molar-refractivity contribution in [2.24, 2.45) is 5.92 Å². The Kier molecular flexibility index (Phi) is 3.94. The third-order valence-electron chi connectivity index (χ3n) is 4.34. The van der Waals surface area contributed by atoms with Gasteiger partial charge in [-0.3, -0.25) is 4.79 Å². The smallest absolute Gasteiger partial charge is 0.294 e. The van der Waals surface area contributed by atoms with Gasteiger partial charge in [0.25, 0.3) is 0 Å². The predicted octanol–water partition coefficient (Wildman–Crippen LogP) is 4.43. The lowest BCUT2D eigenvalue weighted by atomic mass is 9.89. The number of carbonyl (C=O) groups is 1. The van der Waals surface area contributed by atoms with Crippen molar-refractivity contribution in [3.8, 4) is 6.07 Å². The van der Waals surface area contributed by atoms with Crippen LogP contribution in [-0.4, -0.2) is 16.3 Å². The van der Waals surface area contributed by atoms with Crippen molar-refractivity contribution in [2.45, 2.75) is 42.4 Å². The number of fused-ring (bicyclic) bond motifs is 2. The van der Waals surface area contributed by atoms with Crippen LogP contribution in [0.2, 0.25) is 0 Å². The number of nitriles is 1. The van der Waals surface area contributed by atoms with Crippen LogP contribution in [0.25, 0.3) is 0 Å². The number of thioether (sulfide) groups is 1. The van der Waals surface area contributed by atoms with E-state index in [0.717, 1.165) is 37.8 Å². The summed E-state index contributed by atoms with van der Waals surface area (Å²) in [5.74, 6) is -0.464. The third kappa shape index (κ3) is 3.00. The van der Waals surface area contributed by atoms with E-state index < -0.39 is 11.7 Å².